The van der Waals surface area contributed by atoms with Crippen molar-refractivity contribution in [1.29, 1.82) is 0 Å². The molecule has 0 bridgehead atoms. The Morgan fingerprint density at radius 2 is 2.10 bits per heavy atom. The standard InChI is InChI=1S/C13H21BrN2O2S2/c1-3-10-4-6-16(7-5-10)20(17,18)12-8-11(9-15-2)19-13(12)14/h8,10,15H,3-7,9H2,1-2H3. The molecule has 1 fully saturated rings. The molecule has 0 unspecified atom stereocenters. The van der Waals surface area contributed by atoms with Crippen molar-refractivity contribution in [3.8, 4) is 0 Å². The van der Waals surface area contributed by atoms with E-state index in [-0.39, 0.29) is 0 Å². The summed E-state index contributed by atoms with van der Waals surface area (Å²) >= 11 is 4.88. The third-order valence-electron chi connectivity index (χ3n) is 3.83. The van der Waals surface area contributed by atoms with Crippen molar-refractivity contribution >= 4 is 37.3 Å². The third kappa shape index (κ3) is 3.44. The van der Waals surface area contributed by atoms with Crippen LogP contribution in [0.5, 0.6) is 0 Å². The Morgan fingerprint density at radius 3 is 2.65 bits per heavy atom. The summed E-state index contributed by atoms with van der Waals surface area (Å²) in [5.74, 6) is 0.673. The quantitative estimate of drug-likeness (QED) is 0.853. The van der Waals surface area contributed by atoms with Gasteiger partial charge in [-0.15, -0.1) is 11.3 Å². The Labute approximate surface area is 133 Å². The lowest BCUT2D eigenvalue weighted by Crippen LogP contribution is -2.38. The Bertz CT molecular complexity index is 549. The fraction of sp³-hybridized carbons (Fsp3) is 0.692. The number of hydrogen-bond donors (Lipinski definition) is 1. The molecule has 2 rings (SSSR count). The van der Waals surface area contributed by atoms with Gasteiger partial charge in [0.15, 0.2) is 0 Å². The first-order chi connectivity index (χ1) is 9.48. The third-order valence-corrected chi connectivity index (χ3v) is 7.98. The SMILES string of the molecule is CCC1CCN(S(=O)(=O)c2cc(CNC)sc2Br)CC1. The van der Waals surface area contributed by atoms with Gasteiger partial charge in [0.1, 0.15) is 4.90 Å². The van der Waals surface area contributed by atoms with Gasteiger partial charge in [-0.3, -0.25) is 0 Å². The molecule has 7 heteroatoms. The molecule has 114 valence electrons. The normalized spacial score (nSPS) is 18.6. The molecule has 0 spiro atoms. The molecule has 2 heterocycles. The number of hydrogen-bond acceptors (Lipinski definition) is 4. The van der Waals surface area contributed by atoms with Gasteiger partial charge in [-0.25, -0.2) is 8.42 Å². The Morgan fingerprint density at radius 1 is 1.45 bits per heavy atom. The van der Waals surface area contributed by atoms with Gasteiger partial charge >= 0.3 is 0 Å². The minimum Gasteiger partial charge on any atom is -0.315 e. The van der Waals surface area contributed by atoms with Crippen molar-refractivity contribution in [1.82, 2.24) is 9.62 Å². The Hall–Kier alpha value is 0.0500. The van der Waals surface area contributed by atoms with E-state index >= 15 is 0 Å². The number of nitrogens with zero attached hydrogens (tertiary/aromatic N) is 1. The Balaban J connectivity index is 2.18. The van der Waals surface area contributed by atoms with Crippen molar-refractivity contribution in [2.75, 3.05) is 20.1 Å². The molecule has 0 saturated carbocycles. The summed E-state index contributed by atoms with van der Waals surface area (Å²) < 4.78 is 27.7. The predicted octanol–water partition coefficient (Wildman–Crippen LogP) is 3.04. The highest BCUT2D eigenvalue weighted by Crippen LogP contribution is 2.35. The van der Waals surface area contributed by atoms with E-state index in [1.165, 1.54) is 11.3 Å². The number of thiophene rings is 1. The molecule has 1 aromatic rings. The van der Waals surface area contributed by atoms with Crippen LogP contribution >= 0.6 is 27.3 Å². The number of rotatable bonds is 5. The maximum Gasteiger partial charge on any atom is 0.245 e. The second kappa shape index (κ2) is 6.87. The topological polar surface area (TPSA) is 49.4 Å². The van der Waals surface area contributed by atoms with Gasteiger partial charge in [0.05, 0.1) is 3.79 Å². The van der Waals surface area contributed by atoms with E-state index in [2.05, 4.69) is 28.2 Å². The minimum absolute atomic E-state index is 0.419. The molecule has 0 aliphatic carbocycles. The number of nitrogens with one attached hydrogen (secondary N) is 1. The maximum atomic E-state index is 12.7. The molecule has 1 saturated heterocycles. The molecule has 1 aliphatic heterocycles. The lowest BCUT2D eigenvalue weighted by molar-refractivity contribution is 0.269. The van der Waals surface area contributed by atoms with Gasteiger partial charge in [-0.1, -0.05) is 13.3 Å². The molecule has 0 amide bonds. The van der Waals surface area contributed by atoms with Crippen LogP contribution in [-0.2, 0) is 16.6 Å². The predicted molar refractivity (Wildman–Crippen MR) is 86.6 cm³/mol. The molecule has 1 N–H and O–H groups in total. The molecule has 4 nitrogen and oxygen atoms in total. The zero-order valence-electron chi connectivity index (χ0n) is 11.9. The smallest absolute Gasteiger partial charge is 0.245 e. The van der Waals surface area contributed by atoms with E-state index in [1.54, 1.807) is 10.4 Å². The molecule has 0 aromatic carbocycles. The molecule has 1 aliphatic rings. The largest absolute Gasteiger partial charge is 0.315 e. The van der Waals surface area contributed by atoms with Gasteiger partial charge in [-0.2, -0.15) is 4.31 Å². The van der Waals surface area contributed by atoms with E-state index in [4.69, 9.17) is 0 Å². The highest BCUT2D eigenvalue weighted by molar-refractivity contribution is 9.11. The highest BCUT2D eigenvalue weighted by atomic mass is 79.9. The van der Waals surface area contributed by atoms with E-state index in [1.807, 2.05) is 7.05 Å². The second-order valence-corrected chi connectivity index (χ2v) is 9.50. The zero-order chi connectivity index (χ0) is 14.8. The van der Waals surface area contributed by atoms with Crippen molar-refractivity contribution in [3.05, 3.63) is 14.7 Å². The summed E-state index contributed by atoms with van der Waals surface area (Å²) in [6.07, 6.45) is 3.09. The average Bonchev–Trinajstić information content (AvgIpc) is 2.81. The van der Waals surface area contributed by atoms with Crippen LogP contribution in [-0.4, -0.2) is 32.9 Å². The van der Waals surface area contributed by atoms with Crippen LogP contribution in [0.3, 0.4) is 0 Å². The first-order valence-corrected chi connectivity index (χ1v) is 9.97. The van der Waals surface area contributed by atoms with E-state index < -0.39 is 10.0 Å². The zero-order valence-corrected chi connectivity index (χ0v) is 15.1. The van der Waals surface area contributed by atoms with Crippen LogP contribution in [0.25, 0.3) is 0 Å². The highest BCUT2D eigenvalue weighted by Gasteiger charge is 2.31. The second-order valence-electron chi connectivity index (χ2n) is 5.14. The summed E-state index contributed by atoms with van der Waals surface area (Å²) in [5.41, 5.74) is 0. The fourth-order valence-corrected chi connectivity index (χ4v) is 6.65. The molecular formula is C13H21BrN2O2S2. The van der Waals surface area contributed by atoms with Crippen LogP contribution in [0.15, 0.2) is 14.7 Å². The lowest BCUT2D eigenvalue weighted by Gasteiger charge is -2.30. The van der Waals surface area contributed by atoms with Crippen LogP contribution in [0, 0.1) is 5.92 Å². The Kier molecular flexibility index (Phi) is 5.64. The van der Waals surface area contributed by atoms with E-state index in [9.17, 15) is 8.42 Å². The molecule has 0 radical (unpaired) electrons. The minimum atomic E-state index is -3.35. The number of halogens is 1. The van der Waals surface area contributed by atoms with Crippen LogP contribution in [0.4, 0.5) is 0 Å². The van der Waals surface area contributed by atoms with Crippen molar-refractivity contribution in [3.63, 3.8) is 0 Å². The summed E-state index contributed by atoms with van der Waals surface area (Å²) in [4.78, 5) is 1.45. The monoisotopic (exact) mass is 380 g/mol. The maximum absolute atomic E-state index is 12.7. The number of piperidine rings is 1. The van der Waals surface area contributed by atoms with Gasteiger partial charge < -0.3 is 5.32 Å². The molecule has 1 aromatic heterocycles. The lowest BCUT2D eigenvalue weighted by atomic mass is 9.96. The summed E-state index contributed by atoms with van der Waals surface area (Å²) in [6, 6.07) is 1.78. The van der Waals surface area contributed by atoms with Crippen molar-refractivity contribution in [2.24, 2.45) is 5.92 Å². The summed E-state index contributed by atoms with van der Waals surface area (Å²) in [7, 11) is -1.49. The summed E-state index contributed by atoms with van der Waals surface area (Å²) in [5, 5.41) is 3.05. The van der Waals surface area contributed by atoms with E-state index in [0.717, 1.165) is 24.1 Å². The van der Waals surface area contributed by atoms with Gasteiger partial charge in [0.2, 0.25) is 10.0 Å². The molecule has 20 heavy (non-hydrogen) atoms. The van der Waals surface area contributed by atoms with Crippen LogP contribution in [0.2, 0.25) is 0 Å². The van der Waals surface area contributed by atoms with Crippen molar-refractivity contribution < 1.29 is 8.42 Å². The van der Waals surface area contributed by atoms with Crippen molar-refractivity contribution in [2.45, 2.75) is 37.6 Å². The summed E-state index contributed by atoms with van der Waals surface area (Å²) in [6.45, 7) is 4.15. The first-order valence-electron chi connectivity index (χ1n) is 6.92. The van der Waals surface area contributed by atoms with Gasteiger partial charge in [-0.05, 0) is 47.8 Å². The van der Waals surface area contributed by atoms with Crippen LogP contribution < -0.4 is 5.32 Å². The number of sulfonamides is 1. The molecular weight excluding hydrogens is 360 g/mol. The fourth-order valence-electron chi connectivity index (χ4n) is 2.53. The average molecular weight is 381 g/mol. The van der Waals surface area contributed by atoms with Gasteiger partial charge in [0, 0.05) is 24.5 Å². The first kappa shape index (κ1) is 16.4. The van der Waals surface area contributed by atoms with E-state index in [0.29, 0.717) is 34.2 Å². The molecule has 0 atom stereocenters. The van der Waals surface area contributed by atoms with Crippen LogP contribution in [0.1, 0.15) is 31.1 Å². The van der Waals surface area contributed by atoms with Gasteiger partial charge in [0.25, 0.3) is 0 Å².